The molecule has 0 aliphatic carbocycles. The highest BCUT2D eigenvalue weighted by atomic mass is 32.1. The number of pyridine rings is 1. The van der Waals surface area contributed by atoms with Crippen molar-refractivity contribution in [3.63, 3.8) is 0 Å². The van der Waals surface area contributed by atoms with Crippen molar-refractivity contribution < 1.29 is 9.90 Å². The first kappa shape index (κ1) is 10.6. The van der Waals surface area contributed by atoms with Crippen molar-refractivity contribution in [2.45, 2.75) is 6.92 Å². The van der Waals surface area contributed by atoms with Gasteiger partial charge in [0, 0.05) is 11.6 Å². The Hall–Kier alpha value is -1.95. The van der Waals surface area contributed by atoms with Crippen LogP contribution in [0.4, 0.5) is 5.13 Å². The van der Waals surface area contributed by atoms with Gasteiger partial charge >= 0.3 is 0 Å². The second kappa shape index (κ2) is 4.28. The molecule has 0 aliphatic heterocycles. The minimum atomic E-state index is -0.465. The van der Waals surface area contributed by atoms with Gasteiger partial charge in [0.1, 0.15) is 5.75 Å². The first-order valence-electron chi connectivity index (χ1n) is 4.54. The molecule has 0 bridgehead atoms. The van der Waals surface area contributed by atoms with E-state index in [-0.39, 0.29) is 11.4 Å². The third-order valence-electron chi connectivity index (χ3n) is 1.84. The van der Waals surface area contributed by atoms with Crippen molar-refractivity contribution in [1.82, 2.24) is 9.97 Å². The molecular weight excluding hydrogens is 226 g/mol. The lowest BCUT2D eigenvalue weighted by Crippen LogP contribution is -2.13. The van der Waals surface area contributed by atoms with E-state index in [0.29, 0.717) is 5.13 Å². The summed E-state index contributed by atoms with van der Waals surface area (Å²) in [5.41, 5.74) is 0.834. The largest absolute Gasteiger partial charge is 0.505 e. The van der Waals surface area contributed by atoms with Crippen LogP contribution in [0.1, 0.15) is 16.2 Å². The van der Waals surface area contributed by atoms with Gasteiger partial charge in [-0.2, -0.15) is 0 Å². The number of nitrogens with zero attached hydrogens (tertiary/aromatic N) is 2. The first-order chi connectivity index (χ1) is 7.66. The van der Waals surface area contributed by atoms with E-state index in [0.717, 1.165) is 5.69 Å². The van der Waals surface area contributed by atoms with Crippen molar-refractivity contribution in [3.05, 3.63) is 35.1 Å². The van der Waals surface area contributed by atoms with Crippen molar-refractivity contribution in [3.8, 4) is 5.75 Å². The summed E-state index contributed by atoms with van der Waals surface area (Å²) >= 11 is 1.33. The fourth-order valence-electron chi connectivity index (χ4n) is 1.14. The number of hydrogen-bond donors (Lipinski definition) is 2. The number of nitrogens with one attached hydrogen (secondary N) is 1. The van der Waals surface area contributed by atoms with Crippen LogP contribution in [0.3, 0.4) is 0 Å². The zero-order valence-electron chi connectivity index (χ0n) is 8.47. The molecule has 5 nitrogen and oxygen atoms in total. The smallest absolute Gasteiger partial charge is 0.279 e. The fourth-order valence-corrected chi connectivity index (χ4v) is 1.82. The quantitative estimate of drug-likeness (QED) is 0.832. The van der Waals surface area contributed by atoms with Crippen LogP contribution in [0.15, 0.2) is 23.7 Å². The lowest BCUT2D eigenvalue weighted by atomic mass is 10.3. The maximum Gasteiger partial charge on any atom is 0.279 e. The minimum absolute atomic E-state index is 0.00430. The molecule has 0 spiro atoms. The van der Waals surface area contributed by atoms with Gasteiger partial charge in [0.05, 0.1) is 5.69 Å². The Labute approximate surface area is 95.8 Å². The molecule has 0 radical (unpaired) electrons. The zero-order valence-corrected chi connectivity index (χ0v) is 9.28. The standard InChI is InChI=1S/C10H9N3O2S/c1-6-5-16-10(12-6)13-9(15)8-7(14)3-2-4-11-8/h2-5,14H,1H3,(H,12,13,15). The molecule has 0 atom stereocenters. The first-order valence-corrected chi connectivity index (χ1v) is 5.42. The summed E-state index contributed by atoms with van der Waals surface area (Å²) in [5, 5.41) is 14.3. The molecule has 0 aromatic carbocycles. The Morgan fingerprint density at radius 1 is 1.56 bits per heavy atom. The minimum Gasteiger partial charge on any atom is -0.505 e. The molecule has 0 aliphatic rings. The molecule has 0 saturated carbocycles. The Morgan fingerprint density at radius 2 is 2.38 bits per heavy atom. The second-order valence-corrected chi connectivity index (χ2v) is 3.98. The molecule has 0 unspecified atom stereocenters. The van der Waals surface area contributed by atoms with Gasteiger partial charge in [-0.1, -0.05) is 0 Å². The van der Waals surface area contributed by atoms with Crippen molar-refractivity contribution in [1.29, 1.82) is 0 Å². The van der Waals surface area contributed by atoms with Gasteiger partial charge in [0.15, 0.2) is 10.8 Å². The van der Waals surface area contributed by atoms with E-state index in [1.165, 1.54) is 23.6 Å². The van der Waals surface area contributed by atoms with Crippen LogP contribution < -0.4 is 5.32 Å². The van der Waals surface area contributed by atoms with Gasteiger partial charge in [-0.25, -0.2) is 9.97 Å². The number of amides is 1. The molecular formula is C10H9N3O2S. The molecule has 0 saturated heterocycles. The number of aromatic nitrogens is 2. The third-order valence-corrected chi connectivity index (χ3v) is 2.72. The number of carbonyl (C=O) groups is 1. The van der Waals surface area contributed by atoms with Crippen LogP contribution in [-0.4, -0.2) is 21.0 Å². The molecule has 2 rings (SSSR count). The number of rotatable bonds is 2. The molecule has 82 valence electrons. The second-order valence-electron chi connectivity index (χ2n) is 3.12. The van der Waals surface area contributed by atoms with Crippen LogP contribution in [0.5, 0.6) is 5.75 Å². The van der Waals surface area contributed by atoms with Gasteiger partial charge in [0.2, 0.25) is 0 Å². The summed E-state index contributed by atoms with van der Waals surface area (Å²) < 4.78 is 0. The summed E-state index contributed by atoms with van der Waals surface area (Å²) in [6.07, 6.45) is 1.45. The summed E-state index contributed by atoms with van der Waals surface area (Å²) in [4.78, 5) is 19.6. The van der Waals surface area contributed by atoms with E-state index in [1.54, 1.807) is 6.07 Å². The predicted octanol–water partition coefficient (Wildman–Crippen LogP) is 1.80. The average Bonchev–Trinajstić information content (AvgIpc) is 2.64. The summed E-state index contributed by atoms with van der Waals surface area (Å²) in [6.45, 7) is 1.84. The van der Waals surface area contributed by atoms with Gasteiger partial charge in [-0.05, 0) is 19.1 Å². The lowest BCUT2D eigenvalue weighted by Gasteiger charge is -2.02. The number of anilines is 1. The van der Waals surface area contributed by atoms with Crippen LogP contribution >= 0.6 is 11.3 Å². The highest BCUT2D eigenvalue weighted by Crippen LogP contribution is 2.18. The summed E-state index contributed by atoms with van der Waals surface area (Å²) in [7, 11) is 0. The molecule has 2 heterocycles. The van der Waals surface area contributed by atoms with E-state index < -0.39 is 5.91 Å². The molecule has 1 amide bonds. The van der Waals surface area contributed by atoms with Crippen molar-refractivity contribution in [2.24, 2.45) is 0 Å². The number of aryl methyl sites for hydroxylation is 1. The van der Waals surface area contributed by atoms with Gasteiger partial charge in [0.25, 0.3) is 5.91 Å². The van der Waals surface area contributed by atoms with E-state index in [2.05, 4.69) is 15.3 Å². The van der Waals surface area contributed by atoms with E-state index in [1.807, 2.05) is 12.3 Å². The van der Waals surface area contributed by atoms with Crippen LogP contribution in [0.2, 0.25) is 0 Å². The van der Waals surface area contributed by atoms with E-state index in [4.69, 9.17) is 0 Å². The number of carbonyl (C=O) groups excluding carboxylic acids is 1. The summed E-state index contributed by atoms with van der Waals surface area (Å²) in [6, 6.07) is 2.97. The Morgan fingerprint density at radius 3 is 3.00 bits per heavy atom. The Balaban J connectivity index is 2.18. The maximum atomic E-state index is 11.7. The summed E-state index contributed by atoms with van der Waals surface area (Å²) in [5.74, 6) is -0.610. The predicted molar refractivity (Wildman–Crippen MR) is 60.7 cm³/mol. The van der Waals surface area contributed by atoms with Crippen LogP contribution in [0.25, 0.3) is 0 Å². The normalized spacial score (nSPS) is 10.1. The van der Waals surface area contributed by atoms with Crippen LogP contribution in [-0.2, 0) is 0 Å². The Kier molecular flexibility index (Phi) is 2.82. The van der Waals surface area contributed by atoms with E-state index >= 15 is 0 Å². The lowest BCUT2D eigenvalue weighted by molar-refractivity contribution is 0.101. The maximum absolute atomic E-state index is 11.7. The number of thiazole rings is 1. The molecule has 2 N–H and O–H groups in total. The highest BCUT2D eigenvalue weighted by Gasteiger charge is 2.13. The van der Waals surface area contributed by atoms with E-state index in [9.17, 15) is 9.90 Å². The number of hydrogen-bond acceptors (Lipinski definition) is 5. The van der Waals surface area contributed by atoms with Crippen molar-refractivity contribution in [2.75, 3.05) is 5.32 Å². The Bertz CT molecular complexity index is 524. The van der Waals surface area contributed by atoms with Gasteiger partial charge in [-0.15, -0.1) is 11.3 Å². The van der Waals surface area contributed by atoms with Crippen molar-refractivity contribution >= 4 is 22.4 Å². The zero-order chi connectivity index (χ0) is 11.5. The number of aromatic hydroxyl groups is 1. The average molecular weight is 235 g/mol. The highest BCUT2D eigenvalue weighted by molar-refractivity contribution is 7.13. The molecule has 16 heavy (non-hydrogen) atoms. The SMILES string of the molecule is Cc1csc(NC(=O)c2ncccc2O)n1. The third kappa shape index (κ3) is 2.17. The van der Waals surface area contributed by atoms with Gasteiger partial charge < -0.3 is 5.11 Å². The molecule has 6 heteroatoms. The monoisotopic (exact) mass is 235 g/mol. The molecule has 2 aromatic rings. The van der Waals surface area contributed by atoms with Gasteiger partial charge in [-0.3, -0.25) is 10.1 Å². The molecule has 2 aromatic heterocycles. The van der Waals surface area contributed by atoms with Crippen LogP contribution in [0, 0.1) is 6.92 Å². The fraction of sp³-hybridized carbons (Fsp3) is 0.100. The molecule has 0 fully saturated rings. The topological polar surface area (TPSA) is 75.1 Å².